The van der Waals surface area contributed by atoms with E-state index in [2.05, 4.69) is 25.3 Å². The summed E-state index contributed by atoms with van der Waals surface area (Å²) in [5.41, 5.74) is 3.03. The summed E-state index contributed by atoms with van der Waals surface area (Å²) in [7, 11) is 0. The number of H-pyrrole nitrogens is 1. The maximum Gasteiger partial charge on any atom is 0.234 e. The van der Waals surface area contributed by atoms with E-state index in [9.17, 15) is 9.59 Å². The Balaban J connectivity index is 1.32. The Morgan fingerprint density at radius 1 is 1.31 bits per heavy atom. The first-order chi connectivity index (χ1) is 12.5. The fourth-order valence-electron chi connectivity index (χ4n) is 5.12. The monoisotopic (exact) mass is 359 g/mol. The number of hydrogen-bond donors (Lipinski definition) is 2. The van der Waals surface area contributed by atoms with Gasteiger partial charge in [-0.15, -0.1) is 0 Å². The second-order valence-corrected chi connectivity index (χ2v) is 8.25. The number of fused-ring (bicyclic) bond motifs is 4. The van der Waals surface area contributed by atoms with Crippen molar-refractivity contribution in [2.24, 2.45) is 11.8 Å². The van der Waals surface area contributed by atoms with Gasteiger partial charge in [-0.1, -0.05) is 0 Å². The molecule has 2 amide bonds. The van der Waals surface area contributed by atoms with Gasteiger partial charge in [0.05, 0.1) is 12.2 Å². The van der Waals surface area contributed by atoms with E-state index < -0.39 is 0 Å². The van der Waals surface area contributed by atoms with Crippen LogP contribution in [0.25, 0.3) is 0 Å². The summed E-state index contributed by atoms with van der Waals surface area (Å²) in [5.74, 6) is 1.45. The molecule has 142 valence electrons. The molecule has 0 saturated carbocycles. The number of aromatic nitrogens is 2. The van der Waals surface area contributed by atoms with Gasteiger partial charge in [0.25, 0.3) is 0 Å². The predicted octanol–water partition coefficient (Wildman–Crippen LogP) is 0.976. The Bertz CT molecular complexity index is 681. The number of aromatic amines is 1. The lowest BCUT2D eigenvalue weighted by Crippen LogP contribution is -2.61. The van der Waals surface area contributed by atoms with Gasteiger partial charge in [-0.2, -0.15) is 5.10 Å². The van der Waals surface area contributed by atoms with E-state index in [1.165, 1.54) is 6.42 Å². The number of carbonyl (C=O) groups excluding carboxylic acids is 2. The molecule has 3 aliphatic heterocycles. The van der Waals surface area contributed by atoms with Crippen molar-refractivity contribution in [3.8, 4) is 0 Å². The van der Waals surface area contributed by atoms with Crippen molar-refractivity contribution in [3.63, 3.8) is 0 Å². The maximum atomic E-state index is 12.4. The fraction of sp³-hybridized carbons (Fsp3) is 0.737. The summed E-state index contributed by atoms with van der Waals surface area (Å²) >= 11 is 0. The highest BCUT2D eigenvalue weighted by atomic mass is 16.2. The summed E-state index contributed by atoms with van der Waals surface area (Å²) in [5, 5.41) is 10.2. The van der Waals surface area contributed by atoms with Gasteiger partial charge in [0, 0.05) is 49.9 Å². The molecule has 1 aromatic heterocycles. The number of nitrogens with zero attached hydrogens (tertiary/aromatic N) is 3. The van der Waals surface area contributed by atoms with Gasteiger partial charge >= 0.3 is 0 Å². The first-order valence-electron chi connectivity index (χ1n) is 9.80. The fourth-order valence-corrected chi connectivity index (χ4v) is 5.12. The molecule has 26 heavy (non-hydrogen) atoms. The second kappa shape index (κ2) is 7.02. The minimum absolute atomic E-state index is 0.0709. The van der Waals surface area contributed by atoms with Crippen LogP contribution in [0.2, 0.25) is 0 Å². The third-order valence-corrected chi connectivity index (χ3v) is 6.37. The Hall–Kier alpha value is -1.89. The minimum atomic E-state index is 0.0709. The molecule has 7 nitrogen and oxygen atoms in total. The van der Waals surface area contributed by atoms with E-state index >= 15 is 0 Å². The van der Waals surface area contributed by atoms with E-state index in [0.717, 1.165) is 55.8 Å². The van der Waals surface area contributed by atoms with Crippen LogP contribution in [-0.4, -0.2) is 64.0 Å². The Labute approximate surface area is 154 Å². The van der Waals surface area contributed by atoms with E-state index in [-0.39, 0.29) is 5.91 Å². The zero-order valence-corrected chi connectivity index (χ0v) is 15.8. The molecule has 4 heterocycles. The van der Waals surface area contributed by atoms with Gasteiger partial charge in [-0.3, -0.25) is 19.6 Å². The summed E-state index contributed by atoms with van der Waals surface area (Å²) in [6, 6.07) is 0.398. The summed E-state index contributed by atoms with van der Waals surface area (Å²) < 4.78 is 0. The zero-order chi connectivity index (χ0) is 18.3. The molecule has 2 N–H and O–H groups in total. The average molecular weight is 359 g/mol. The van der Waals surface area contributed by atoms with Crippen molar-refractivity contribution >= 4 is 11.8 Å². The third-order valence-electron chi connectivity index (χ3n) is 6.37. The Morgan fingerprint density at radius 2 is 2.15 bits per heavy atom. The number of piperidine rings is 3. The number of likely N-dealkylation sites (tertiary alicyclic amines) is 1. The molecule has 1 aromatic rings. The molecular formula is C19H29N5O2. The van der Waals surface area contributed by atoms with Gasteiger partial charge in [0.15, 0.2) is 0 Å². The van der Waals surface area contributed by atoms with Crippen molar-refractivity contribution in [1.82, 2.24) is 25.3 Å². The highest BCUT2D eigenvalue weighted by molar-refractivity contribution is 5.78. The van der Waals surface area contributed by atoms with Crippen molar-refractivity contribution in [3.05, 3.63) is 17.0 Å². The molecule has 0 aromatic carbocycles. The molecule has 3 fully saturated rings. The summed E-state index contributed by atoms with van der Waals surface area (Å²) in [6.07, 6.45) is 4.07. The van der Waals surface area contributed by atoms with Crippen LogP contribution < -0.4 is 5.32 Å². The maximum absolute atomic E-state index is 12.4. The molecule has 3 saturated heterocycles. The Morgan fingerprint density at radius 3 is 2.92 bits per heavy atom. The number of hydrogen-bond acceptors (Lipinski definition) is 4. The first-order valence-corrected chi connectivity index (χ1v) is 9.80. The molecule has 2 bridgehead atoms. The number of rotatable bonds is 4. The van der Waals surface area contributed by atoms with Crippen LogP contribution in [-0.2, 0) is 16.1 Å². The average Bonchev–Trinajstić information content (AvgIpc) is 2.92. The predicted molar refractivity (Wildman–Crippen MR) is 97.3 cm³/mol. The van der Waals surface area contributed by atoms with Crippen LogP contribution >= 0.6 is 0 Å². The van der Waals surface area contributed by atoms with E-state index in [0.29, 0.717) is 36.9 Å². The van der Waals surface area contributed by atoms with Crippen LogP contribution in [0.4, 0.5) is 0 Å². The molecule has 3 atom stereocenters. The highest BCUT2D eigenvalue weighted by Gasteiger charge is 2.43. The van der Waals surface area contributed by atoms with Crippen LogP contribution in [0.3, 0.4) is 0 Å². The van der Waals surface area contributed by atoms with E-state index in [4.69, 9.17) is 0 Å². The largest absolute Gasteiger partial charge is 0.351 e. The van der Waals surface area contributed by atoms with Gasteiger partial charge in [-0.05, 0) is 44.9 Å². The zero-order valence-electron chi connectivity index (χ0n) is 15.8. The van der Waals surface area contributed by atoms with Crippen molar-refractivity contribution in [2.45, 2.75) is 52.1 Å². The smallest absolute Gasteiger partial charge is 0.234 e. The molecule has 0 spiro atoms. The Kier molecular flexibility index (Phi) is 4.73. The van der Waals surface area contributed by atoms with Crippen LogP contribution in [0.5, 0.6) is 0 Å². The molecular weight excluding hydrogens is 330 g/mol. The van der Waals surface area contributed by atoms with Crippen molar-refractivity contribution < 1.29 is 9.59 Å². The summed E-state index contributed by atoms with van der Waals surface area (Å²) in [4.78, 5) is 29.1. The number of aryl methyl sites for hydroxylation is 2. The topological polar surface area (TPSA) is 81.3 Å². The number of carbonyl (C=O) groups is 2. The van der Waals surface area contributed by atoms with Gasteiger partial charge in [0.1, 0.15) is 0 Å². The van der Waals surface area contributed by atoms with E-state index in [1.807, 2.05) is 13.8 Å². The van der Waals surface area contributed by atoms with Gasteiger partial charge in [0.2, 0.25) is 11.8 Å². The van der Waals surface area contributed by atoms with Crippen molar-refractivity contribution in [1.29, 1.82) is 0 Å². The SMILES string of the molecule is Cc1n[nH]c(C)c1CNC(=O)CN1C[C@H]2C[C@H](C1)[C@H]1CCCC(=O)N1C2. The normalized spacial score (nSPS) is 28.8. The molecule has 4 rings (SSSR count). The van der Waals surface area contributed by atoms with Gasteiger partial charge < -0.3 is 10.2 Å². The highest BCUT2D eigenvalue weighted by Crippen LogP contribution is 2.37. The number of nitrogens with one attached hydrogen (secondary N) is 2. The number of amides is 2. The quantitative estimate of drug-likeness (QED) is 0.840. The molecule has 3 aliphatic rings. The first kappa shape index (κ1) is 17.5. The molecule has 0 unspecified atom stereocenters. The third kappa shape index (κ3) is 3.37. The lowest BCUT2D eigenvalue weighted by atomic mass is 9.76. The van der Waals surface area contributed by atoms with E-state index in [1.54, 1.807) is 0 Å². The van der Waals surface area contributed by atoms with Crippen LogP contribution in [0.1, 0.15) is 42.6 Å². The second-order valence-electron chi connectivity index (χ2n) is 8.25. The lowest BCUT2D eigenvalue weighted by molar-refractivity contribution is -0.145. The van der Waals surface area contributed by atoms with Gasteiger partial charge in [-0.25, -0.2) is 0 Å². The molecule has 0 radical (unpaired) electrons. The van der Waals surface area contributed by atoms with Crippen molar-refractivity contribution in [2.75, 3.05) is 26.2 Å². The lowest BCUT2D eigenvalue weighted by Gasteiger charge is -2.52. The van der Waals surface area contributed by atoms with Crippen LogP contribution in [0, 0.1) is 25.7 Å². The standard InChI is InChI=1S/C19H29N5O2/c1-12-16(13(2)22-21-12)7-20-18(25)11-23-8-14-6-15(10-23)17-4-3-5-19(26)24(17)9-14/h14-15,17H,3-11H2,1-2H3,(H,20,25)(H,21,22)/t14-,15-,17-/m1/s1. The molecule has 0 aliphatic carbocycles. The molecule has 7 heteroatoms. The summed E-state index contributed by atoms with van der Waals surface area (Å²) in [6.45, 7) is 7.64. The minimum Gasteiger partial charge on any atom is -0.351 e. The van der Waals surface area contributed by atoms with Crippen LogP contribution in [0.15, 0.2) is 0 Å².